The second kappa shape index (κ2) is 9.82. The third-order valence-corrected chi connectivity index (χ3v) is 7.86. The Labute approximate surface area is 201 Å². The molecule has 1 aliphatic heterocycles. The molecule has 1 aliphatic rings. The monoisotopic (exact) mass is 501 g/mol. The minimum atomic E-state index is -4.04. The highest BCUT2D eigenvalue weighted by atomic mass is 32.2. The fourth-order valence-electron chi connectivity index (χ4n) is 3.83. The number of aromatic nitrogens is 1. The molecule has 0 saturated carbocycles. The summed E-state index contributed by atoms with van der Waals surface area (Å²) in [5, 5.41) is 10.9. The Hall–Kier alpha value is -3.44. The Kier molecular flexibility index (Phi) is 6.85. The summed E-state index contributed by atoms with van der Waals surface area (Å²) in [5.74, 6) is -1.18. The molecule has 9 nitrogen and oxygen atoms in total. The molecule has 3 aromatic rings. The van der Waals surface area contributed by atoms with Crippen molar-refractivity contribution in [1.29, 1.82) is 0 Å². The third-order valence-electron chi connectivity index (χ3n) is 5.56. The van der Waals surface area contributed by atoms with Crippen molar-refractivity contribution in [1.82, 2.24) is 4.98 Å². The largest absolute Gasteiger partial charge is 0.495 e. The smallest absolute Gasteiger partial charge is 0.335 e. The molecule has 2 heterocycles. The maximum atomic E-state index is 12.9. The van der Waals surface area contributed by atoms with Crippen molar-refractivity contribution >= 4 is 43.9 Å². The van der Waals surface area contributed by atoms with Crippen LogP contribution in [0.2, 0.25) is 0 Å². The van der Waals surface area contributed by atoms with Gasteiger partial charge in [-0.1, -0.05) is 30.3 Å². The number of Topliss-reactive ketones (excluding diaryl/α,β-unsaturated/α-hetero) is 1. The first-order valence-electron chi connectivity index (χ1n) is 10.5. The van der Waals surface area contributed by atoms with Gasteiger partial charge in [0.1, 0.15) is 5.75 Å². The summed E-state index contributed by atoms with van der Waals surface area (Å²) in [6, 6.07) is 13.0. The van der Waals surface area contributed by atoms with E-state index in [2.05, 4.69) is 9.71 Å². The van der Waals surface area contributed by atoms with Crippen LogP contribution in [-0.2, 0) is 10.0 Å². The lowest BCUT2D eigenvalue weighted by atomic mass is 9.90. The maximum absolute atomic E-state index is 12.9. The number of sulfonamides is 1. The fourth-order valence-corrected chi connectivity index (χ4v) is 6.03. The molecule has 0 radical (unpaired) electrons. The van der Waals surface area contributed by atoms with E-state index in [0.717, 1.165) is 12.8 Å². The van der Waals surface area contributed by atoms with Gasteiger partial charge in [0.05, 0.1) is 18.4 Å². The number of ether oxygens (including phenoxy) is 1. The zero-order valence-corrected chi connectivity index (χ0v) is 19.9. The minimum Gasteiger partial charge on any atom is -0.495 e. The molecule has 1 saturated heterocycles. The van der Waals surface area contributed by atoms with Gasteiger partial charge in [-0.25, -0.2) is 9.78 Å². The van der Waals surface area contributed by atoms with E-state index in [1.165, 1.54) is 42.0 Å². The van der Waals surface area contributed by atoms with Crippen molar-refractivity contribution < 1.29 is 27.9 Å². The minimum absolute atomic E-state index is 0.0274. The van der Waals surface area contributed by atoms with Crippen LogP contribution in [0.1, 0.15) is 33.6 Å². The summed E-state index contributed by atoms with van der Waals surface area (Å²) in [7, 11) is -2.72. The molecular weight excluding hydrogens is 478 g/mol. The third kappa shape index (κ3) is 5.05. The molecule has 2 N–H and O–H groups in total. The van der Waals surface area contributed by atoms with Crippen molar-refractivity contribution in [2.45, 2.75) is 17.9 Å². The summed E-state index contributed by atoms with van der Waals surface area (Å²) in [6.45, 7) is 1.15. The van der Waals surface area contributed by atoms with Crippen LogP contribution >= 0.6 is 11.3 Å². The highest BCUT2D eigenvalue weighted by molar-refractivity contribution is 7.92. The van der Waals surface area contributed by atoms with E-state index in [4.69, 9.17) is 9.84 Å². The van der Waals surface area contributed by atoms with Crippen LogP contribution in [0.25, 0.3) is 0 Å². The number of hydrogen-bond acceptors (Lipinski definition) is 8. The number of rotatable bonds is 8. The van der Waals surface area contributed by atoms with E-state index in [1.807, 2.05) is 23.1 Å². The average Bonchev–Trinajstić information content (AvgIpc) is 3.36. The van der Waals surface area contributed by atoms with Gasteiger partial charge in [-0.15, -0.1) is 11.3 Å². The highest BCUT2D eigenvalue weighted by Gasteiger charge is 2.29. The van der Waals surface area contributed by atoms with E-state index in [9.17, 15) is 18.0 Å². The van der Waals surface area contributed by atoms with E-state index < -0.39 is 16.0 Å². The molecule has 11 heteroatoms. The second-order valence-electron chi connectivity index (χ2n) is 7.81. The van der Waals surface area contributed by atoms with E-state index in [0.29, 0.717) is 23.8 Å². The highest BCUT2D eigenvalue weighted by Crippen LogP contribution is 2.32. The van der Waals surface area contributed by atoms with Crippen LogP contribution in [-0.4, -0.2) is 50.5 Å². The first-order valence-corrected chi connectivity index (χ1v) is 12.9. The average molecular weight is 502 g/mol. The number of piperidine rings is 1. The molecule has 0 aliphatic carbocycles. The first kappa shape index (κ1) is 23.7. The van der Waals surface area contributed by atoms with Gasteiger partial charge in [0.15, 0.2) is 15.9 Å². The lowest BCUT2D eigenvalue weighted by molar-refractivity contribution is 0.0696. The molecule has 2 aromatic carbocycles. The number of carboxylic acids is 1. The van der Waals surface area contributed by atoms with E-state index in [-0.39, 0.29) is 33.7 Å². The molecule has 1 aromatic heterocycles. The lowest BCUT2D eigenvalue weighted by Gasteiger charge is -2.31. The van der Waals surface area contributed by atoms with Crippen molar-refractivity contribution in [3.05, 3.63) is 65.0 Å². The van der Waals surface area contributed by atoms with E-state index in [1.54, 1.807) is 12.1 Å². The number of ketones is 1. The fraction of sp³-hybridized carbons (Fsp3) is 0.261. The summed E-state index contributed by atoms with van der Waals surface area (Å²) >= 11 is 1.19. The van der Waals surface area contributed by atoms with Crippen LogP contribution in [0.5, 0.6) is 5.75 Å². The van der Waals surface area contributed by atoms with Gasteiger partial charge in [-0.3, -0.25) is 9.52 Å². The van der Waals surface area contributed by atoms with Crippen LogP contribution < -0.4 is 14.4 Å². The molecule has 0 bridgehead atoms. The van der Waals surface area contributed by atoms with Gasteiger partial charge < -0.3 is 14.7 Å². The predicted molar refractivity (Wildman–Crippen MR) is 129 cm³/mol. The number of nitrogens with one attached hydrogen (secondary N) is 1. The number of anilines is 2. The molecule has 178 valence electrons. The molecule has 0 amide bonds. The number of thiazole rings is 1. The molecule has 1 atom stereocenters. The Bertz CT molecular complexity index is 1310. The second-order valence-corrected chi connectivity index (χ2v) is 10.3. The van der Waals surface area contributed by atoms with Crippen molar-refractivity contribution in [3.8, 4) is 5.75 Å². The Morgan fingerprint density at radius 2 is 1.94 bits per heavy atom. The van der Waals surface area contributed by atoms with Gasteiger partial charge in [-0.2, -0.15) is 8.42 Å². The predicted octanol–water partition coefficient (Wildman–Crippen LogP) is 3.75. The molecule has 1 fully saturated rings. The number of hydrogen-bond donors (Lipinski definition) is 2. The molecule has 4 rings (SSSR count). The first-order chi connectivity index (χ1) is 16.3. The maximum Gasteiger partial charge on any atom is 0.335 e. The molecule has 1 unspecified atom stereocenters. The summed E-state index contributed by atoms with van der Waals surface area (Å²) in [4.78, 5) is 30.3. The van der Waals surface area contributed by atoms with Crippen LogP contribution in [0.4, 0.5) is 10.8 Å². The number of nitrogens with zero attached hydrogens (tertiary/aromatic N) is 2. The summed E-state index contributed by atoms with van der Waals surface area (Å²) in [6.07, 6.45) is 1.57. The Morgan fingerprint density at radius 1 is 1.18 bits per heavy atom. The molecule has 34 heavy (non-hydrogen) atoms. The Morgan fingerprint density at radius 3 is 2.65 bits per heavy atom. The van der Waals surface area contributed by atoms with Gasteiger partial charge in [0.2, 0.25) is 0 Å². The lowest BCUT2D eigenvalue weighted by Crippen LogP contribution is -2.38. The number of methoxy groups -OCH3 is 1. The number of carbonyl (C=O) groups excluding carboxylic acids is 1. The number of benzene rings is 2. The van der Waals surface area contributed by atoms with Crippen molar-refractivity contribution in [3.63, 3.8) is 0 Å². The van der Waals surface area contributed by atoms with Gasteiger partial charge in [-0.05, 0) is 31.0 Å². The quantitative estimate of drug-likeness (QED) is 0.447. The van der Waals surface area contributed by atoms with Gasteiger partial charge in [0, 0.05) is 30.0 Å². The van der Waals surface area contributed by atoms with Crippen molar-refractivity contribution in [2.75, 3.05) is 29.8 Å². The summed E-state index contributed by atoms with van der Waals surface area (Å²) < 4.78 is 33.4. The SMILES string of the molecule is COc1cc(C(=O)O)ccc1NS(=O)(=O)c1csc(N2CCCC(C(=O)c3ccccc3)C2)n1. The standard InChI is InChI=1S/C23H23N3O6S2/c1-32-19-12-16(22(28)29)9-10-18(19)25-34(30,31)20-14-33-23(24-20)26-11-5-8-17(13-26)21(27)15-6-3-2-4-7-15/h2-4,6-7,9-10,12,14,17,25H,5,8,11,13H2,1H3,(H,28,29). The van der Waals surface area contributed by atoms with Crippen LogP contribution in [0, 0.1) is 5.92 Å². The van der Waals surface area contributed by atoms with Crippen LogP contribution in [0.15, 0.2) is 58.9 Å². The molecular formula is C23H23N3O6S2. The van der Waals surface area contributed by atoms with Crippen LogP contribution in [0.3, 0.4) is 0 Å². The van der Waals surface area contributed by atoms with Gasteiger partial charge >= 0.3 is 5.97 Å². The summed E-state index contributed by atoms with van der Waals surface area (Å²) in [5.41, 5.74) is 0.748. The van der Waals surface area contributed by atoms with E-state index >= 15 is 0 Å². The van der Waals surface area contributed by atoms with Gasteiger partial charge in [0.25, 0.3) is 10.0 Å². The topological polar surface area (TPSA) is 126 Å². The number of carbonyl (C=O) groups is 2. The Balaban J connectivity index is 1.50. The normalized spacial score (nSPS) is 16.1. The molecule has 0 spiro atoms. The number of aromatic carboxylic acids is 1. The zero-order valence-electron chi connectivity index (χ0n) is 18.3. The number of carboxylic acid groups (broad SMARTS) is 1. The van der Waals surface area contributed by atoms with Crippen molar-refractivity contribution in [2.24, 2.45) is 5.92 Å². The zero-order chi connectivity index (χ0) is 24.3.